The van der Waals surface area contributed by atoms with Crippen LogP contribution >= 0.6 is 0 Å². The van der Waals surface area contributed by atoms with Gasteiger partial charge in [-0.15, -0.1) is 0 Å². The van der Waals surface area contributed by atoms with Crippen LogP contribution in [0, 0.1) is 11.3 Å². The average molecular weight is 281 g/mol. The molecule has 2 rings (SSSR count). The van der Waals surface area contributed by atoms with E-state index in [2.05, 4.69) is 35.9 Å². The van der Waals surface area contributed by atoms with E-state index in [1.807, 2.05) is 0 Å². The van der Waals surface area contributed by atoms with Gasteiger partial charge in [0.1, 0.15) is 0 Å². The molecular formula is C17H35N3. The Morgan fingerprint density at radius 1 is 1.10 bits per heavy atom. The lowest BCUT2D eigenvalue weighted by Crippen LogP contribution is -2.53. The van der Waals surface area contributed by atoms with Crippen molar-refractivity contribution in [1.29, 1.82) is 0 Å². The second-order valence-electron chi connectivity index (χ2n) is 7.50. The summed E-state index contributed by atoms with van der Waals surface area (Å²) in [4.78, 5) is 5.38. The van der Waals surface area contributed by atoms with Crippen molar-refractivity contribution in [3.8, 4) is 0 Å². The van der Waals surface area contributed by atoms with Gasteiger partial charge in [0.2, 0.25) is 0 Å². The predicted octanol–water partition coefficient (Wildman–Crippen LogP) is 2.43. The van der Waals surface area contributed by atoms with Crippen LogP contribution < -0.4 is 5.32 Å². The highest BCUT2D eigenvalue weighted by Gasteiger charge is 2.33. The van der Waals surface area contributed by atoms with Crippen molar-refractivity contribution in [3.05, 3.63) is 0 Å². The number of hydrogen-bond acceptors (Lipinski definition) is 3. The van der Waals surface area contributed by atoms with Gasteiger partial charge in [-0.2, -0.15) is 0 Å². The normalized spacial score (nSPS) is 30.0. The summed E-state index contributed by atoms with van der Waals surface area (Å²) in [7, 11) is 0. The standard InChI is InChI=1S/C17H35N3/c1-4-6-17(7-5-8-18-14-17)15-20-11-9-19(10-12-20)13-16(2)3/h16,18H,4-15H2,1-3H3. The van der Waals surface area contributed by atoms with Crippen molar-refractivity contribution in [2.75, 3.05) is 52.4 Å². The zero-order chi connectivity index (χ0) is 14.4. The predicted molar refractivity (Wildman–Crippen MR) is 87.2 cm³/mol. The van der Waals surface area contributed by atoms with Crippen molar-refractivity contribution in [3.63, 3.8) is 0 Å². The number of piperidine rings is 1. The molecule has 1 unspecified atom stereocenters. The number of nitrogens with zero attached hydrogens (tertiary/aromatic N) is 2. The molecule has 0 bridgehead atoms. The fourth-order valence-corrected chi connectivity index (χ4v) is 4.11. The number of rotatable bonds is 6. The van der Waals surface area contributed by atoms with Crippen LogP contribution in [0.2, 0.25) is 0 Å². The lowest BCUT2D eigenvalue weighted by atomic mass is 9.76. The molecule has 0 radical (unpaired) electrons. The zero-order valence-electron chi connectivity index (χ0n) is 14.0. The molecular weight excluding hydrogens is 246 g/mol. The number of hydrogen-bond donors (Lipinski definition) is 1. The first kappa shape index (κ1) is 16.3. The van der Waals surface area contributed by atoms with E-state index in [4.69, 9.17) is 0 Å². The SMILES string of the molecule is CCCC1(CN2CCN(CC(C)C)CC2)CCCNC1. The third kappa shape index (κ3) is 4.71. The maximum atomic E-state index is 3.65. The minimum absolute atomic E-state index is 0.563. The first-order chi connectivity index (χ1) is 9.63. The van der Waals surface area contributed by atoms with Crippen molar-refractivity contribution in [2.24, 2.45) is 11.3 Å². The number of nitrogens with one attached hydrogen (secondary N) is 1. The zero-order valence-corrected chi connectivity index (χ0v) is 14.0. The van der Waals surface area contributed by atoms with E-state index < -0.39 is 0 Å². The largest absolute Gasteiger partial charge is 0.316 e. The molecule has 2 fully saturated rings. The van der Waals surface area contributed by atoms with Crippen LogP contribution in [0.1, 0.15) is 46.5 Å². The van der Waals surface area contributed by atoms with E-state index in [9.17, 15) is 0 Å². The van der Waals surface area contributed by atoms with E-state index in [0.29, 0.717) is 5.41 Å². The van der Waals surface area contributed by atoms with Crippen molar-refractivity contribution in [2.45, 2.75) is 46.5 Å². The molecule has 2 saturated heterocycles. The minimum Gasteiger partial charge on any atom is -0.316 e. The number of piperazine rings is 1. The maximum absolute atomic E-state index is 3.65. The van der Waals surface area contributed by atoms with Gasteiger partial charge in [0.15, 0.2) is 0 Å². The minimum atomic E-state index is 0.563. The van der Waals surface area contributed by atoms with Gasteiger partial charge in [0.25, 0.3) is 0 Å². The van der Waals surface area contributed by atoms with Crippen LogP contribution in [0.25, 0.3) is 0 Å². The summed E-state index contributed by atoms with van der Waals surface area (Å²) in [6.45, 7) is 17.2. The van der Waals surface area contributed by atoms with Crippen LogP contribution in [0.15, 0.2) is 0 Å². The van der Waals surface area contributed by atoms with Crippen molar-refractivity contribution < 1.29 is 0 Å². The van der Waals surface area contributed by atoms with Gasteiger partial charge in [0.05, 0.1) is 0 Å². The first-order valence-electron chi connectivity index (χ1n) is 8.79. The molecule has 0 amide bonds. The Morgan fingerprint density at radius 3 is 2.35 bits per heavy atom. The smallest absolute Gasteiger partial charge is 0.0110 e. The van der Waals surface area contributed by atoms with Crippen molar-refractivity contribution >= 4 is 0 Å². The van der Waals surface area contributed by atoms with E-state index in [1.165, 1.54) is 78.0 Å². The molecule has 0 aromatic heterocycles. The molecule has 2 heterocycles. The summed E-state index contributed by atoms with van der Waals surface area (Å²) in [6.07, 6.45) is 5.52. The molecule has 0 saturated carbocycles. The summed E-state index contributed by atoms with van der Waals surface area (Å²) in [6, 6.07) is 0. The molecule has 3 nitrogen and oxygen atoms in total. The van der Waals surface area contributed by atoms with E-state index in [0.717, 1.165) is 5.92 Å². The summed E-state index contributed by atoms with van der Waals surface area (Å²) >= 11 is 0. The van der Waals surface area contributed by atoms with E-state index in [1.54, 1.807) is 0 Å². The molecule has 2 aliphatic heterocycles. The molecule has 0 spiro atoms. The summed E-state index contributed by atoms with van der Waals surface area (Å²) in [5.41, 5.74) is 0.563. The first-order valence-corrected chi connectivity index (χ1v) is 8.79. The highest BCUT2D eigenvalue weighted by Crippen LogP contribution is 2.32. The van der Waals surface area contributed by atoms with Gasteiger partial charge < -0.3 is 15.1 Å². The van der Waals surface area contributed by atoms with Gasteiger partial charge in [-0.05, 0) is 37.1 Å². The molecule has 1 atom stereocenters. The molecule has 20 heavy (non-hydrogen) atoms. The second-order valence-corrected chi connectivity index (χ2v) is 7.50. The third-order valence-electron chi connectivity index (χ3n) is 4.99. The molecule has 1 N–H and O–H groups in total. The topological polar surface area (TPSA) is 18.5 Å². The molecule has 3 heteroatoms. The van der Waals surface area contributed by atoms with E-state index >= 15 is 0 Å². The average Bonchev–Trinajstić information content (AvgIpc) is 2.42. The third-order valence-corrected chi connectivity index (χ3v) is 4.99. The monoisotopic (exact) mass is 281 g/mol. The summed E-state index contributed by atoms with van der Waals surface area (Å²) in [5.74, 6) is 0.801. The Balaban J connectivity index is 1.80. The maximum Gasteiger partial charge on any atom is 0.0110 e. The Hall–Kier alpha value is -0.120. The lowest BCUT2D eigenvalue weighted by molar-refractivity contribution is 0.0604. The highest BCUT2D eigenvalue weighted by molar-refractivity contribution is 4.89. The fraction of sp³-hybridized carbons (Fsp3) is 1.00. The molecule has 2 aliphatic rings. The van der Waals surface area contributed by atoms with E-state index in [-0.39, 0.29) is 0 Å². The molecule has 0 aromatic carbocycles. The molecule has 0 aromatic rings. The lowest BCUT2D eigenvalue weighted by Gasteiger charge is -2.44. The van der Waals surface area contributed by atoms with Crippen molar-refractivity contribution in [1.82, 2.24) is 15.1 Å². The Bertz CT molecular complexity index is 258. The molecule has 0 aliphatic carbocycles. The van der Waals surface area contributed by atoms with Gasteiger partial charge in [-0.3, -0.25) is 0 Å². The van der Waals surface area contributed by atoms with Gasteiger partial charge >= 0.3 is 0 Å². The van der Waals surface area contributed by atoms with Gasteiger partial charge in [-0.25, -0.2) is 0 Å². The summed E-state index contributed by atoms with van der Waals surface area (Å²) in [5, 5.41) is 3.65. The fourth-order valence-electron chi connectivity index (χ4n) is 4.11. The second kappa shape index (κ2) is 7.77. The van der Waals surface area contributed by atoms with Crippen LogP contribution in [0.3, 0.4) is 0 Å². The highest BCUT2D eigenvalue weighted by atomic mass is 15.3. The van der Waals surface area contributed by atoms with Crippen LogP contribution in [-0.2, 0) is 0 Å². The van der Waals surface area contributed by atoms with Gasteiger partial charge in [0, 0.05) is 45.8 Å². The van der Waals surface area contributed by atoms with Crippen LogP contribution in [0.4, 0.5) is 0 Å². The summed E-state index contributed by atoms with van der Waals surface area (Å²) < 4.78 is 0. The molecule has 118 valence electrons. The van der Waals surface area contributed by atoms with Crippen LogP contribution in [0.5, 0.6) is 0 Å². The quantitative estimate of drug-likeness (QED) is 0.807. The Kier molecular flexibility index (Phi) is 6.31. The Morgan fingerprint density at radius 2 is 1.80 bits per heavy atom. The van der Waals surface area contributed by atoms with Gasteiger partial charge in [-0.1, -0.05) is 27.2 Å². The Labute approximate surface area is 126 Å². The van der Waals surface area contributed by atoms with Crippen LogP contribution in [-0.4, -0.2) is 62.2 Å².